The van der Waals surface area contributed by atoms with Crippen LogP contribution in [0.15, 0.2) is 60.7 Å². The molecule has 0 bridgehead atoms. The van der Waals surface area contributed by atoms with Gasteiger partial charge in [-0.2, -0.15) is 0 Å². The number of hydrogen-bond donors (Lipinski definition) is 0. The fourth-order valence-corrected chi connectivity index (χ4v) is 1.90. The molecule has 1 heteroatoms. The number of benzene rings is 2. The second-order valence-corrected chi connectivity index (χ2v) is 3.80. The van der Waals surface area contributed by atoms with Crippen molar-refractivity contribution in [1.29, 1.82) is 0 Å². The molecule has 0 aliphatic carbocycles. The van der Waals surface area contributed by atoms with Crippen molar-refractivity contribution in [2.75, 3.05) is 0 Å². The van der Waals surface area contributed by atoms with Crippen LogP contribution in [0.1, 0.15) is 23.3 Å². The average Bonchev–Trinajstić information content (AvgIpc) is 3.11. The van der Waals surface area contributed by atoms with Crippen molar-refractivity contribution < 1.29 is 4.74 Å². The zero-order chi connectivity index (χ0) is 10.1. The third-order valence-corrected chi connectivity index (χ3v) is 2.75. The summed E-state index contributed by atoms with van der Waals surface area (Å²) < 4.78 is 5.69. The summed E-state index contributed by atoms with van der Waals surface area (Å²) in [5, 5.41) is 0. The highest BCUT2D eigenvalue weighted by atomic mass is 16.6. The van der Waals surface area contributed by atoms with Gasteiger partial charge in [-0.25, -0.2) is 0 Å². The van der Waals surface area contributed by atoms with E-state index in [0.717, 1.165) is 0 Å². The minimum absolute atomic E-state index is 0.258. The number of hydrogen-bond acceptors (Lipinski definition) is 1. The van der Waals surface area contributed by atoms with E-state index in [0.29, 0.717) is 0 Å². The van der Waals surface area contributed by atoms with Crippen molar-refractivity contribution in [2.24, 2.45) is 0 Å². The van der Waals surface area contributed by atoms with E-state index in [-0.39, 0.29) is 12.2 Å². The van der Waals surface area contributed by atoms with E-state index in [1.54, 1.807) is 0 Å². The Hall–Kier alpha value is -1.60. The summed E-state index contributed by atoms with van der Waals surface area (Å²) in [6.07, 6.45) is 0.516. The highest BCUT2D eigenvalue weighted by Gasteiger charge is 2.40. The maximum atomic E-state index is 5.69. The molecule has 2 aromatic rings. The van der Waals surface area contributed by atoms with Gasteiger partial charge in [0.2, 0.25) is 0 Å². The van der Waals surface area contributed by atoms with E-state index in [1.165, 1.54) is 11.1 Å². The van der Waals surface area contributed by atoms with E-state index in [9.17, 15) is 0 Å². The molecular formula is C14H12O. The maximum Gasteiger partial charge on any atom is 0.114 e. The van der Waals surface area contributed by atoms with Crippen LogP contribution in [0.4, 0.5) is 0 Å². The van der Waals surface area contributed by atoms with Gasteiger partial charge in [-0.1, -0.05) is 60.7 Å². The van der Waals surface area contributed by atoms with Gasteiger partial charge in [0.15, 0.2) is 0 Å². The Bertz CT molecular complexity index is 392. The highest BCUT2D eigenvalue weighted by molar-refractivity contribution is 5.29. The molecule has 1 fully saturated rings. The van der Waals surface area contributed by atoms with E-state index < -0.39 is 0 Å². The minimum atomic E-state index is 0.258. The van der Waals surface area contributed by atoms with Gasteiger partial charge in [-0.3, -0.25) is 0 Å². The molecule has 0 N–H and O–H groups in total. The van der Waals surface area contributed by atoms with Gasteiger partial charge in [0.05, 0.1) is 0 Å². The van der Waals surface area contributed by atoms with Crippen LogP contribution in [0.5, 0.6) is 0 Å². The first-order valence-corrected chi connectivity index (χ1v) is 5.20. The molecule has 0 amide bonds. The molecule has 0 aromatic heterocycles. The molecule has 1 aliphatic heterocycles. The molecule has 1 saturated heterocycles. The average molecular weight is 196 g/mol. The predicted octanol–water partition coefficient (Wildman–Crippen LogP) is 3.50. The summed E-state index contributed by atoms with van der Waals surface area (Å²) >= 11 is 0. The summed E-state index contributed by atoms with van der Waals surface area (Å²) in [6.45, 7) is 0. The van der Waals surface area contributed by atoms with Crippen molar-refractivity contribution >= 4 is 0 Å². The van der Waals surface area contributed by atoms with Gasteiger partial charge in [0.1, 0.15) is 12.2 Å². The van der Waals surface area contributed by atoms with Crippen molar-refractivity contribution in [2.45, 2.75) is 12.2 Å². The SMILES string of the molecule is c1ccc([C@H]2O[C@H]2c2ccccc2)cc1. The lowest BCUT2D eigenvalue weighted by Crippen LogP contribution is -1.82. The zero-order valence-electron chi connectivity index (χ0n) is 8.34. The molecule has 0 unspecified atom stereocenters. The van der Waals surface area contributed by atoms with Gasteiger partial charge in [0, 0.05) is 0 Å². The first-order chi connectivity index (χ1) is 7.45. The normalized spacial score (nSPS) is 23.7. The summed E-state index contributed by atoms with van der Waals surface area (Å²) in [6, 6.07) is 20.8. The highest BCUT2D eigenvalue weighted by Crippen LogP contribution is 2.50. The van der Waals surface area contributed by atoms with Crippen LogP contribution in [0.3, 0.4) is 0 Å². The number of epoxide rings is 1. The second kappa shape index (κ2) is 3.52. The largest absolute Gasteiger partial charge is 0.359 e. The van der Waals surface area contributed by atoms with E-state index >= 15 is 0 Å². The first-order valence-electron chi connectivity index (χ1n) is 5.20. The third kappa shape index (κ3) is 1.66. The van der Waals surface area contributed by atoms with E-state index in [2.05, 4.69) is 48.5 Å². The van der Waals surface area contributed by atoms with Gasteiger partial charge in [-0.05, 0) is 11.1 Å². The van der Waals surface area contributed by atoms with Crippen LogP contribution in [-0.2, 0) is 4.74 Å². The lowest BCUT2D eigenvalue weighted by Gasteiger charge is -1.95. The standard InChI is InChI=1S/C14H12O/c1-3-7-11(8-4-1)13-14(15-13)12-9-5-2-6-10-12/h1-10,13-14H/t13-,14+. The molecule has 1 aliphatic rings. The summed E-state index contributed by atoms with van der Waals surface area (Å²) in [5.41, 5.74) is 2.54. The van der Waals surface area contributed by atoms with Crippen molar-refractivity contribution in [3.8, 4) is 0 Å². The third-order valence-electron chi connectivity index (χ3n) is 2.75. The molecule has 3 rings (SSSR count). The zero-order valence-corrected chi connectivity index (χ0v) is 8.34. The van der Waals surface area contributed by atoms with Crippen LogP contribution in [0.2, 0.25) is 0 Å². The monoisotopic (exact) mass is 196 g/mol. The van der Waals surface area contributed by atoms with Crippen LogP contribution in [0, 0.1) is 0 Å². The Balaban J connectivity index is 1.81. The van der Waals surface area contributed by atoms with Crippen LogP contribution >= 0.6 is 0 Å². The lowest BCUT2D eigenvalue weighted by molar-refractivity contribution is 0.377. The van der Waals surface area contributed by atoms with Crippen molar-refractivity contribution in [1.82, 2.24) is 0 Å². The van der Waals surface area contributed by atoms with Gasteiger partial charge in [-0.15, -0.1) is 0 Å². The molecule has 0 radical (unpaired) electrons. The summed E-state index contributed by atoms with van der Waals surface area (Å²) in [4.78, 5) is 0. The minimum Gasteiger partial charge on any atom is -0.359 e. The molecule has 0 saturated carbocycles. The molecule has 0 spiro atoms. The van der Waals surface area contributed by atoms with E-state index in [4.69, 9.17) is 4.74 Å². The second-order valence-electron chi connectivity index (χ2n) is 3.80. The lowest BCUT2D eigenvalue weighted by atomic mass is 10.0. The van der Waals surface area contributed by atoms with Crippen molar-refractivity contribution in [3.63, 3.8) is 0 Å². The van der Waals surface area contributed by atoms with Crippen LogP contribution < -0.4 is 0 Å². The fraction of sp³-hybridized carbons (Fsp3) is 0.143. The fourth-order valence-electron chi connectivity index (χ4n) is 1.90. The van der Waals surface area contributed by atoms with Crippen molar-refractivity contribution in [3.05, 3.63) is 71.8 Å². The summed E-state index contributed by atoms with van der Waals surface area (Å²) in [7, 11) is 0. The molecule has 2 atom stereocenters. The molecule has 74 valence electrons. The van der Waals surface area contributed by atoms with Crippen LogP contribution in [0.25, 0.3) is 0 Å². The smallest absolute Gasteiger partial charge is 0.114 e. The Morgan fingerprint density at radius 3 is 1.40 bits per heavy atom. The Morgan fingerprint density at radius 1 is 0.600 bits per heavy atom. The van der Waals surface area contributed by atoms with Crippen LogP contribution in [-0.4, -0.2) is 0 Å². The topological polar surface area (TPSA) is 12.5 Å². The van der Waals surface area contributed by atoms with E-state index in [1.807, 2.05) is 12.1 Å². The quantitative estimate of drug-likeness (QED) is 0.670. The Labute approximate surface area is 89.3 Å². The first kappa shape index (κ1) is 8.69. The van der Waals surface area contributed by atoms with Gasteiger partial charge >= 0.3 is 0 Å². The molecular weight excluding hydrogens is 184 g/mol. The summed E-state index contributed by atoms with van der Waals surface area (Å²) in [5.74, 6) is 0. The maximum absolute atomic E-state index is 5.69. The van der Waals surface area contributed by atoms with Gasteiger partial charge < -0.3 is 4.74 Å². The molecule has 15 heavy (non-hydrogen) atoms. The Kier molecular flexibility index (Phi) is 2.04. The Morgan fingerprint density at radius 2 is 1.00 bits per heavy atom. The number of rotatable bonds is 2. The number of ether oxygens (including phenoxy) is 1. The molecule has 2 aromatic carbocycles. The van der Waals surface area contributed by atoms with Gasteiger partial charge in [0.25, 0.3) is 0 Å². The predicted molar refractivity (Wildman–Crippen MR) is 59.5 cm³/mol. The molecule has 1 heterocycles. The molecule has 1 nitrogen and oxygen atoms in total.